The summed E-state index contributed by atoms with van der Waals surface area (Å²) in [6.07, 6.45) is 0.749. The number of carbonyl (C=O) groups is 1. The van der Waals surface area contributed by atoms with Crippen molar-refractivity contribution in [3.05, 3.63) is 56.0 Å². The number of hydrogen-bond donors (Lipinski definition) is 0. The highest BCUT2D eigenvalue weighted by Gasteiger charge is 2.10. The van der Waals surface area contributed by atoms with E-state index in [1.165, 1.54) is 0 Å². The van der Waals surface area contributed by atoms with Gasteiger partial charge in [0.25, 0.3) is 0 Å². The first-order chi connectivity index (χ1) is 8.52. The van der Waals surface area contributed by atoms with Gasteiger partial charge in [0.2, 0.25) is 0 Å². The van der Waals surface area contributed by atoms with Gasteiger partial charge in [0.1, 0.15) is 6.29 Å². The molecule has 0 bridgehead atoms. The van der Waals surface area contributed by atoms with Crippen molar-refractivity contribution < 1.29 is 4.79 Å². The van der Waals surface area contributed by atoms with Crippen LogP contribution in [0.5, 0.6) is 0 Å². The van der Waals surface area contributed by atoms with Crippen LogP contribution in [-0.4, -0.2) is 6.29 Å². The van der Waals surface area contributed by atoms with E-state index in [-0.39, 0.29) is 0 Å². The van der Waals surface area contributed by atoms with Gasteiger partial charge in [-0.3, -0.25) is 4.79 Å². The van der Waals surface area contributed by atoms with Crippen molar-refractivity contribution in [3.63, 3.8) is 0 Å². The zero-order valence-electron chi connectivity index (χ0n) is 8.88. The van der Waals surface area contributed by atoms with E-state index < -0.39 is 0 Å². The topological polar surface area (TPSA) is 17.1 Å². The molecule has 0 saturated carbocycles. The molecule has 1 nitrogen and oxygen atoms in total. The second-order valence-corrected chi connectivity index (χ2v) is 5.21. The molecule has 0 unspecified atom stereocenters. The van der Waals surface area contributed by atoms with Crippen molar-refractivity contribution in [2.24, 2.45) is 0 Å². The molecule has 0 fully saturated rings. The molecule has 92 valence electrons. The molecule has 0 aliphatic carbocycles. The number of benzene rings is 2. The number of aldehydes is 1. The van der Waals surface area contributed by atoms with Crippen molar-refractivity contribution in [2.75, 3.05) is 0 Å². The van der Waals surface area contributed by atoms with E-state index in [1.807, 2.05) is 0 Å². The molecule has 2 rings (SSSR count). The van der Waals surface area contributed by atoms with Crippen LogP contribution < -0.4 is 0 Å². The van der Waals surface area contributed by atoms with Crippen LogP contribution in [-0.2, 0) is 0 Å². The van der Waals surface area contributed by atoms with Gasteiger partial charge in [-0.1, -0.05) is 52.5 Å². The number of carbonyl (C=O) groups excluding carboxylic acids is 1. The van der Waals surface area contributed by atoms with E-state index in [4.69, 9.17) is 46.4 Å². The van der Waals surface area contributed by atoms with Crippen LogP contribution in [0.15, 0.2) is 30.3 Å². The van der Waals surface area contributed by atoms with E-state index in [0.29, 0.717) is 36.8 Å². The zero-order chi connectivity index (χ0) is 13.3. The van der Waals surface area contributed by atoms with E-state index >= 15 is 0 Å². The van der Waals surface area contributed by atoms with Gasteiger partial charge < -0.3 is 0 Å². The van der Waals surface area contributed by atoms with E-state index in [9.17, 15) is 4.79 Å². The first kappa shape index (κ1) is 13.7. The van der Waals surface area contributed by atoms with Crippen LogP contribution in [0.2, 0.25) is 20.1 Å². The molecule has 0 aliphatic rings. The quantitative estimate of drug-likeness (QED) is 0.506. The predicted octanol–water partition coefficient (Wildman–Crippen LogP) is 5.78. The summed E-state index contributed by atoms with van der Waals surface area (Å²) in [6.45, 7) is 0. The molecular formula is C13H6Cl4O. The largest absolute Gasteiger partial charge is 0.298 e. The maximum atomic E-state index is 10.8. The van der Waals surface area contributed by atoms with Crippen molar-refractivity contribution in [3.8, 4) is 11.1 Å². The second-order valence-electron chi connectivity index (χ2n) is 3.61. The average molecular weight is 320 g/mol. The van der Waals surface area contributed by atoms with Crippen LogP contribution >= 0.6 is 46.4 Å². The molecular weight excluding hydrogens is 314 g/mol. The lowest BCUT2D eigenvalue weighted by atomic mass is 10.0. The van der Waals surface area contributed by atoms with Gasteiger partial charge in [0.15, 0.2) is 0 Å². The maximum Gasteiger partial charge on any atom is 0.150 e. The van der Waals surface area contributed by atoms with Crippen molar-refractivity contribution in [2.45, 2.75) is 0 Å². The van der Waals surface area contributed by atoms with Gasteiger partial charge in [-0.2, -0.15) is 0 Å². The monoisotopic (exact) mass is 318 g/mol. The molecule has 2 aromatic rings. The Bertz CT molecular complexity index is 599. The average Bonchev–Trinajstić information content (AvgIpc) is 2.36. The van der Waals surface area contributed by atoms with Gasteiger partial charge >= 0.3 is 0 Å². The van der Waals surface area contributed by atoms with Crippen LogP contribution in [0.4, 0.5) is 0 Å². The smallest absolute Gasteiger partial charge is 0.150 e. The molecule has 0 spiro atoms. The number of halogens is 4. The molecule has 2 aromatic carbocycles. The van der Waals surface area contributed by atoms with Crippen LogP contribution in [0.25, 0.3) is 11.1 Å². The first-order valence-corrected chi connectivity index (χ1v) is 6.43. The van der Waals surface area contributed by atoms with Crippen LogP contribution in [0.1, 0.15) is 10.4 Å². The predicted molar refractivity (Wildman–Crippen MR) is 77.3 cm³/mol. The first-order valence-electron chi connectivity index (χ1n) is 4.92. The minimum Gasteiger partial charge on any atom is -0.298 e. The Hall–Kier alpha value is -0.730. The molecule has 0 radical (unpaired) electrons. The standard InChI is InChI=1S/C13H6Cl4O/c14-10-2-1-7(6-18)3-9(10)8-4-11(15)13(17)12(16)5-8/h1-6H. The fourth-order valence-corrected chi connectivity index (χ4v) is 2.37. The molecule has 5 heteroatoms. The van der Waals surface area contributed by atoms with Crippen molar-refractivity contribution in [1.82, 2.24) is 0 Å². The normalized spacial score (nSPS) is 10.4. The number of rotatable bonds is 2. The SMILES string of the molecule is O=Cc1ccc(Cl)c(-c2cc(Cl)c(Cl)c(Cl)c2)c1. The van der Waals surface area contributed by atoms with Gasteiger partial charge in [-0.15, -0.1) is 0 Å². The Morgan fingerprint density at radius 3 is 2.00 bits per heavy atom. The fourth-order valence-electron chi connectivity index (χ4n) is 1.55. The second kappa shape index (κ2) is 5.50. The molecule has 0 amide bonds. The fraction of sp³-hybridized carbons (Fsp3) is 0. The van der Waals surface area contributed by atoms with Crippen molar-refractivity contribution >= 4 is 52.7 Å². The maximum absolute atomic E-state index is 10.8. The highest BCUT2D eigenvalue weighted by Crippen LogP contribution is 2.37. The lowest BCUT2D eigenvalue weighted by Gasteiger charge is -2.08. The Morgan fingerprint density at radius 2 is 1.44 bits per heavy atom. The molecule has 0 atom stereocenters. The van der Waals surface area contributed by atoms with Gasteiger partial charge in [0, 0.05) is 16.1 Å². The molecule has 0 aromatic heterocycles. The minimum absolute atomic E-state index is 0.296. The summed E-state index contributed by atoms with van der Waals surface area (Å²) < 4.78 is 0. The Labute approximate surface area is 124 Å². The summed E-state index contributed by atoms with van der Waals surface area (Å²) in [7, 11) is 0. The summed E-state index contributed by atoms with van der Waals surface area (Å²) in [5, 5.41) is 1.48. The number of hydrogen-bond acceptors (Lipinski definition) is 1. The summed E-state index contributed by atoms with van der Waals surface area (Å²) in [6, 6.07) is 8.28. The molecule has 0 heterocycles. The Morgan fingerprint density at radius 1 is 0.833 bits per heavy atom. The summed E-state index contributed by atoms with van der Waals surface area (Å²) in [4.78, 5) is 10.8. The third-order valence-corrected chi connectivity index (χ3v) is 3.95. The van der Waals surface area contributed by atoms with Crippen LogP contribution in [0, 0.1) is 0 Å². The highest BCUT2D eigenvalue weighted by atomic mass is 35.5. The van der Waals surface area contributed by atoms with Gasteiger partial charge in [-0.25, -0.2) is 0 Å². The molecule has 0 aliphatic heterocycles. The lowest BCUT2D eigenvalue weighted by molar-refractivity contribution is 0.112. The lowest BCUT2D eigenvalue weighted by Crippen LogP contribution is -1.85. The molecule has 18 heavy (non-hydrogen) atoms. The van der Waals surface area contributed by atoms with Crippen LogP contribution in [0.3, 0.4) is 0 Å². The van der Waals surface area contributed by atoms with E-state index in [2.05, 4.69) is 0 Å². The summed E-state index contributed by atoms with van der Waals surface area (Å²) in [5.41, 5.74) is 1.92. The molecule has 0 saturated heterocycles. The van der Waals surface area contributed by atoms with Crippen molar-refractivity contribution in [1.29, 1.82) is 0 Å². The summed E-state index contributed by atoms with van der Waals surface area (Å²) >= 11 is 23.9. The third-order valence-electron chi connectivity index (χ3n) is 2.42. The highest BCUT2D eigenvalue weighted by molar-refractivity contribution is 6.48. The molecule has 0 N–H and O–H groups in total. The Balaban J connectivity index is 2.65. The van der Waals surface area contributed by atoms with Gasteiger partial charge in [-0.05, 0) is 29.8 Å². The zero-order valence-corrected chi connectivity index (χ0v) is 11.9. The minimum atomic E-state index is 0.296. The summed E-state index contributed by atoms with van der Waals surface area (Å²) in [5.74, 6) is 0. The Kier molecular flexibility index (Phi) is 4.18. The van der Waals surface area contributed by atoms with Gasteiger partial charge in [0.05, 0.1) is 15.1 Å². The van der Waals surface area contributed by atoms with E-state index in [1.54, 1.807) is 30.3 Å². The third kappa shape index (κ3) is 2.65. The van der Waals surface area contributed by atoms with E-state index in [0.717, 1.165) is 6.29 Å².